The molecular formula is C24H20O7. The van der Waals surface area contributed by atoms with E-state index in [1.807, 2.05) is 54.6 Å². The zero-order chi connectivity index (χ0) is 21.8. The first-order chi connectivity index (χ1) is 15.1. The Hall–Kier alpha value is -3.84. The summed E-state index contributed by atoms with van der Waals surface area (Å²) < 4.78 is 21.9. The maximum Gasteiger partial charge on any atom is 0.340 e. The number of benzene rings is 3. The summed E-state index contributed by atoms with van der Waals surface area (Å²) in [6, 6.07) is 18.3. The van der Waals surface area contributed by atoms with Gasteiger partial charge in [0.1, 0.15) is 18.1 Å². The molecule has 3 aromatic rings. The van der Waals surface area contributed by atoms with E-state index in [2.05, 4.69) is 0 Å². The minimum atomic E-state index is -1.30. The van der Waals surface area contributed by atoms with Gasteiger partial charge in [-0.2, -0.15) is 0 Å². The van der Waals surface area contributed by atoms with E-state index in [-0.39, 0.29) is 35.7 Å². The third-order valence-electron chi connectivity index (χ3n) is 4.85. The van der Waals surface area contributed by atoms with Gasteiger partial charge in [0.05, 0.1) is 18.2 Å². The highest BCUT2D eigenvalue weighted by Crippen LogP contribution is 2.38. The Kier molecular flexibility index (Phi) is 5.86. The smallest absolute Gasteiger partial charge is 0.340 e. The lowest BCUT2D eigenvalue weighted by Gasteiger charge is -2.24. The highest BCUT2D eigenvalue weighted by atomic mass is 16.6. The maximum absolute atomic E-state index is 12.2. The quantitative estimate of drug-likeness (QED) is 0.458. The van der Waals surface area contributed by atoms with E-state index in [1.54, 1.807) is 0 Å². The molecule has 1 heterocycles. The first-order valence-corrected chi connectivity index (χ1v) is 9.61. The number of para-hydroxylation sites is 1. The van der Waals surface area contributed by atoms with Crippen LogP contribution in [0.1, 0.15) is 31.8 Å². The molecule has 1 N–H and O–H groups in total. The van der Waals surface area contributed by atoms with Gasteiger partial charge >= 0.3 is 5.97 Å². The fourth-order valence-corrected chi connectivity index (χ4v) is 3.39. The van der Waals surface area contributed by atoms with E-state index < -0.39 is 12.3 Å². The molecule has 31 heavy (non-hydrogen) atoms. The minimum Gasteiger partial charge on any atom is -0.492 e. The number of cyclic esters (lactones) is 1. The lowest BCUT2D eigenvalue weighted by molar-refractivity contribution is -0.0688. The van der Waals surface area contributed by atoms with Crippen LogP contribution in [0.15, 0.2) is 60.7 Å². The number of aliphatic hydroxyl groups excluding tert-OH is 1. The first-order valence-electron chi connectivity index (χ1n) is 9.61. The molecule has 0 amide bonds. The zero-order valence-corrected chi connectivity index (χ0v) is 16.7. The molecule has 158 valence electrons. The van der Waals surface area contributed by atoms with Crippen LogP contribution in [0.25, 0.3) is 0 Å². The fourth-order valence-electron chi connectivity index (χ4n) is 3.39. The van der Waals surface area contributed by atoms with Crippen LogP contribution in [0.2, 0.25) is 0 Å². The Morgan fingerprint density at radius 1 is 1.10 bits per heavy atom. The van der Waals surface area contributed by atoms with Crippen molar-refractivity contribution in [3.8, 4) is 23.0 Å². The molecule has 1 aliphatic heterocycles. The summed E-state index contributed by atoms with van der Waals surface area (Å²) >= 11 is 0. The average Bonchev–Trinajstić information content (AvgIpc) is 2.78. The van der Waals surface area contributed by atoms with Gasteiger partial charge in [-0.3, -0.25) is 4.79 Å². The Bertz CT molecular complexity index is 1090. The van der Waals surface area contributed by atoms with Gasteiger partial charge in [-0.1, -0.05) is 30.3 Å². The summed E-state index contributed by atoms with van der Waals surface area (Å²) in [6.07, 6.45) is -0.702. The minimum absolute atomic E-state index is 0.00859. The van der Waals surface area contributed by atoms with E-state index in [0.29, 0.717) is 17.6 Å². The Balaban J connectivity index is 1.53. The van der Waals surface area contributed by atoms with Gasteiger partial charge in [0.2, 0.25) is 6.29 Å². The van der Waals surface area contributed by atoms with E-state index in [1.165, 1.54) is 13.2 Å². The number of hydrogen-bond donors (Lipinski definition) is 1. The van der Waals surface area contributed by atoms with Crippen LogP contribution in [0.5, 0.6) is 23.0 Å². The number of carbonyl (C=O) groups is 2. The van der Waals surface area contributed by atoms with Crippen molar-refractivity contribution in [2.24, 2.45) is 0 Å². The van der Waals surface area contributed by atoms with Crippen molar-refractivity contribution in [3.05, 3.63) is 82.9 Å². The summed E-state index contributed by atoms with van der Waals surface area (Å²) in [6.45, 7) is 0.177. The predicted molar refractivity (Wildman–Crippen MR) is 111 cm³/mol. The van der Waals surface area contributed by atoms with Crippen LogP contribution < -0.4 is 14.2 Å². The number of aldehydes is 1. The second-order valence-electron chi connectivity index (χ2n) is 6.88. The highest BCUT2D eigenvalue weighted by Gasteiger charge is 2.31. The van der Waals surface area contributed by atoms with Crippen molar-refractivity contribution in [2.75, 3.05) is 7.11 Å². The normalized spacial score (nSPS) is 14.9. The fraction of sp³-hybridized carbons (Fsp3) is 0.167. The molecule has 0 radical (unpaired) electrons. The van der Waals surface area contributed by atoms with Crippen molar-refractivity contribution in [3.63, 3.8) is 0 Å². The molecule has 1 atom stereocenters. The lowest BCUT2D eigenvalue weighted by atomic mass is 9.95. The second-order valence-corrected chi connectivity index (χ2v) is 6.88. The molecule has 1 aliphatic rings. The van der Waals surface area contributed by atoms with Crippen LogP contribution in [0.4, 0.5) is 0 Å². The van der Waals surface area contributed by atoms with Crippen LogP contribution >= 0.6 is 0 Å². The molecule has 0 spiro atoms. The summed E-state index contributed by atoms with van der Waals surface area (Å²) in [7, 11) is 1.41. The topological polar surface area (TPSA) is 91.3 Å². The third kappa shape index (κ3) is 4.36. The first kappa shape index (κ1) is 20.4. The maximum atomic E-state index is 12.2. The number of carbonyl (C=O) groups excluding carboxylic acids is 2. The van der Waals surface area contributed by atoms with Crippen molar-refractivity contribution in [2.45, 2.75) is 19.3 Å². The van der Waals surface area contributed by atoms with Gasteiger partial charge in [-0.05, 0) is 41.5 Å². The van der Waals surface area contributed by atoms with E-state index in [9.17, 15) is 14.7 Å². The van der Waals surface area contributed by atoms with Crippen LogP contribution in [-0.2, 0) is 17.8 Å². The SMILES string of the molecule is COc1c(OCc2ccc(Oc3ccccc3)cc2)cc2c(c1C=O)CC(O)OC2=O. The summed E-state index contributed by atoms with van der Waals surface area (Å²) in [5.41, 5.74) is 1.57. The number of rotatable bonds is 7. The summed E-state index contributed by atoms with van der Waals surface area (Å²) in [5, 5.41) is 9.71. The molecule has 7 nitrogen and oxygen atoms in total. The van der Waals surface area contributed by atoms with Crippen LogP contribution in [0.3, 0.4) is 0 Å². The van der Waals surface area contributed by atoms with Gasteiger partial charge in [0.15, 0.2) is 17.8 Å². The van der Waals surface area contributed by atoms with E-state index in [0.717, 1.165) is 11.3 Å². The molecular weight excluding hydrogens is 400 g/mol. The molecule has 1 unspecified atom stereocenters. The molecule has 3 aromatic carbocycles. The average molecular weight is 420 g/mol. The number of fused-ring (bicyclic) bond motifs is 1. The largest absolute Gasteiger partial charge is 0.492 e. The number of aliphatic hydroxyl groups is 1. The zero-order valence-electron chi connectivity index (χ0n) is 16.7. The van der Waals surface area contributed by atoms with Gasteiger partial charge in [-0.25, -0.2) is 4.79 Å². The second kappa shape index (κ2) is 8.89. The molecule has 0 saturated carbocycles. The summed E-state index contributed by atoms with van der Waals surface area (Å²) in [4.78, 5) is 23.9. The standard InChI is InChI=1S/C24H20O7/c1-28-23-20(13-25)18-12-22(26)31-24(27)19(18)11-21(23)29-14-15-7-9-17(10-8-15)30-16-5-3-2-4-6-16/h2-11,13,22,26H,12,14H2,1H3. The monoisotopic (exact) mass is 420 g/mol. The van der Waals surface area contributed by atoms with Gasteiger partial charge in [0, 0.05) is 6.42 Å². The van der Waals surface area contributed by atoms with Crippen LogP contribution in [-0.4, -0.2) is 30.8 Å². The van der Waals surface area contributed by atoms with Crippen molar-refractivity contribution in [1.82, 2.24) is 0 Å². The van der Waals surface area contributed by atoms with Crippen molar-refractivity contribution >= 4 is 12.3 Å². The van der Waals surface area contributed by atoms with Crippen molar-refractivity contribution in [1.29, 1.82) is 0 Å². The van der Waals surface area contributed by atoms with Gasteiger partial charge < -0.3 is 24.1 Å². The van der Waals surface area contributed by atoms with Gasteiger partial charge in [-0.15, -0.1) is 0 Å². The lowest BCUT2D eigenvalue weighted by Crippen LogP contribution is -2.28. The molecule has 4 rings (SSSR count). The third-order valence-corrected chi connectivity index (χ3v) is 4.85. The number of methoxy groups -OCH3 is 1. The molecule has 0 aromatic heterocycles. The molecule has 0 saturated heterocycles. The van der Waals surface area contributed by atoms with Crippen LogP contribution in [0, 0.1) is 0 Å². The molecule has 0 aliphatic carbocycles. The molecule has 7 heteroatoms. The van der Waals surface area contributed by atoms with E-state index in [4.69, 9.17) is 18.9 Å². The van der Waals surface area contributed by atoms with E-state index >= 15 is 0 Å². The molecule has 0 bridgehead atoms. The number of esters is 1. The molecule has 0 fully saturated rings. The number of hydrogen-bond acceptors (Lipinski definition) is 7. The van der Waals surface area contributed by atoms with Gasteiger partial charge in [0.25, 0.3) is 0 Å². The summed E-state index contributed by atoms with van der Waals surface area (Å²) in [5.74, 6) is 1.15. The number of ether oxygens (including phenoxy) is 4. The Morgan fingerprint density at radius 3 is 2.48 bits per heavy atom. The Morgan fingerprint density at radius 2 is 1.81 bits per heavy atom. The highest BCUT2D eigenvalue weighted by molar-refractivity contribution is 5.97. The Labute approximate surface area is 178 Å². The predicted octanol–water partition coefficient (Wildman–Crippen LogP) is 3.91. The van der Waals surface area contributed by atoms with Crippen molar-refractivity contribution < 1.29 is 33.6 Å².